The third-order valence-corrected chi connectivity index (χ3v) is 6.82. The third-order valence-electron chi connectivity index (χ3n) is 5.01. The van der Waals surface area contributed by atoms with Gasteiger partial charge in [-0.15, -0.1) is 0 Å². The number of amides is 1. The minimum Gasteiger partial charge on any atom is -0.334 e. The molecule has 6 nitrogen and oxygen atoms in total. The smallest absolute Gasteiger partial charge is 0.282 e. The largest absolute Gasteiger partial charge is 0.334 e. The molecule has 0 spiro atoms. The van der Waals surface area contributed by atoms with Crippen LogP contribution in [0.25, 0.3) is 0 Å². The summed E-state index contributed by atoms with van der Waals surface area (Å²) >= 11 is 0. The predicted octanol–water partition coefficient (Wildman–Crippen LogP) is 1.41. The van der Waals surface area contributed by atoms with Crippen molar-refractivity contribution in [3.8, 4) is 0 Å². The lowest BCUT2D eigenvalue weighted by Gasteiger charge is -2.28. The normalized spacial score (nSPS) is 22.6. The van der Waals surface area contributed by atoms with E-state index in [-0.39, 0.29) is 16.8 Å². The Bertz CT molecular complexity index is 703. The lowest BCUT2D eigenvalue weighted by Crippen LogP contribution is -2.97. The van der Waals surface area contributed by atoms with Gasteiger partial charge in [-0.1, -0.05) is 19.4 Å². The van der Waals surface area contributed by atoms with Crippen molar-refractivity contribution in [3.63, 3.8) is 0 Å². The molecule has 140 valence electrons. The Hall–Kier alpha value is -1.44. The molecule has 0 saturated heterocycles. The van der Waals surface area contributed by atoms with Gasteiger partial charge in [0.05, 0.1) is 10.9 Å². The van der Waals surface area contributed by atoms with E-state index in [9.17, 15) is 13.2 Å². The van der Waals surface area contributed by atoms with Crippen molar-refractivity contribution in [1.29, 1.82) is 0 Å². The number of benzene rings is 1. The summed E-state index contributed by atoms with van der Waals surface area (Å²) in [7, 11) is -0.533. The first-order valence-corrected chi connectivity index (χ1v) is 10.3. The second-order valence-corrected chi connectivity index (χ2v) is 9.36. The van der Waals surface area contributed by atoms with Gasteiger partial charge in [0, 0.05) is 25.7 Å². The van der Waals surface area contributed by atoms with Crippen molar-refractivity contribution < 1.29 is 18.5 Å². The number of nitrogens with zero attached hydrogens (tertiary/aromatic N) is 1. The molecule has 1 amide bonds. The van der Waals surface area contributed by atoms with E-state index in [0.29, 0.717) is 17.6 Å². The summed E-state index contributed by atoms with van der Waals surface area (Å²) in [5.74, 6) is 0.523. The van der Waals surface area contributed by atoms with Crippen LogP contribution in [0.5, 0.6) is 0 Å². The average molecular weight is 369 g/mol. The zero-order valence-corrected chi connectivity index (χ0v) is 16.3. The van der Waals surface area contributed by atoms with E-state index in [0.717, 1.165) is 10.7 Å². The fourth-order valence-corrected chi connectivity index (χ4v) is 4.24. The molecular formula is C18H30N3O3S+. The molecular weight excluding hydrogens is 338 g/mol. The van der Waals surface area contributed by atoms with Crippen LogP contribution in [0.2, 0.25) is 0 Å². The van der Waals surface area contributed by atoms with E-state index in [1.54, 1.807) is 12.1 Å². The van der Waals surface area contributed by atoms with Crippen LogP contribution in [0, 0.1) is 5.92 Å². The number of hydrogen-bond donors (Lipinski definition) is 2. The molecule has 1 aromatic carbocycles. The number of anilines is 1. The number of quaternary nitrogens is 1. The van der Waals surface area contributed by atoms with E-state index in [1.165, 1.54) is 45.5 Å². The van der Waals surface area contributed by atoms with Crippen molar-refractivity contribution in [1.82, 2.24) is 4.31 Å². The van der Waals surface area contributed by atoms with E-state index in [2.05, 4.69) is 17.6 Å². The van der Waals surface area contributed by atoms with E-state index >= 15 is 0 Å². The van der Waals surface area contributed by atoms with Crippen LogP contribution in [0.15, 0.2) is 29.2 Å². The minimum atomic E-state index is -3.51. The highest BCUT2D eigenvalue weighted by Crippen LogP contribution is 2.21. The highest BCUT2D eigenvalue weighted by Gasteiger charge is 2.28. The summed E-state index contributed by atoms with van der Waals surface area (Å²) in [4.78, 5) is 12.7. The fraction of sp³-hybridized carbons (Fsp3) is 0.611. The van der Waals surface area contributed by atoms with Gasteiger partial charge in [0.25, 0.3) is 5.91 Å². The molecule has 0 aliphatic heterocycles. The van der Waals surface area contributed by atoms with E-state index < -0.39 is 10.0 Å². The summed E-state index contributed by atoms with van der Waals surface area (Å²) in [5, 5.41) is 5.00. The maximum Gasteiger partial charge on any atom is 0.282 e. The Balaban J connectivity index is 2.02. The van der Waals surface area contributed by atoms with Crippen molar-refractivity contribution >= 4 is 21.6 Å². The molecule has 7 heteroatoms. The van der Waals surface area contributed by atoms with Gasteiger partial charge in [-0.25, -0.2) is 12.7 Å². The highest BCUT2D eigenvalue weighted by atomic mass is 32.2. The molecule has 1 fully saturated rings. The third kappa shape index (κ3) is 5.03. The van der Waals surface area contributed by atoms with Crippen molar-refractivity contribution in [2.24, 2.45) is 5.92 Å². The second-order valence-electron chi connectivity index (χ2n) is 7.21. The lowest BCUT2D eigenvalue weighted by molar-refractivity contribution is -0.714. The van der Waals surface area contributed by atoms with Crippen molar-refractivity contribution in [2.75, 3.05) is 19.4 Å². The number of carbonyl (C=O) groups excluding carboxylic acids is 1. The van der Waals surface area contributed by atoms with Crippen LogP contribution in [0.3, 0.4) is 0 Å². The molecule has 2 rings (SSSR count). The molecule has 3 atom stereocenters. The topological polar surface area (TPSA) is 83.1 Å². The molecule has 1 aliphatic rings. The Morgan fingerprint density at radius 3 is 2.60 bits per heavy atom. The molecule has 1 saturated carbocycles. The lowest BCUT2D eigenvalue weighted by atomic mass is 9.85. The second kappa shape index (κ2) is 8.29. The fourth-order valence-electron chi connectivity index (χ4n) is 3.29. The summed E-state index contributed by atoms with van der Waals surface area (Å²) in [6.45, 7) is 4.15. The Morgan fingerprint density at radius 2 is 1.96 bits per heavy atom. The van der Waals surface area contributed by atoms with E-state index in [4.69, 9.17) is 0 Å². The first kappa shape index (κ1) is 19.9. The maximum atomic E-state index is 12.5. The first-order chi connectivity index (χ1) is 11.7. The number of nitrogens with two attached hydrogens (primary N) is 1. The standard InChI is InChI=1S/C18H29N3O3S/c1-13-8-5-6-11-17(13)19-14(2)18(22)20-15-9-7-10-16(12-15)25(23,24)21(3)4/h7,9-10,12-14,17,19H,5-6,8,11H2,1-4H3,(H,20,22)/p+1/t13-,14+,17-/m1/s1. The number of carbonyl (C=O) groups is 1. The SMILES string of the molecule is C[C@H]([NH2+][C@@H]1CCCC[C@H]1C)C(=O)Nc1cccc(S(=O)(=O)N(C)C)c1. The number of sulfonamides is 1. The summed E-state index contributed by atoms with van der Waals surface area (Å²) in [5.41, 5.74) is 0.505. The molecule has 3 N–H and O–H groups in total. The first-order valence-electron chi connectivity index (χ1n) is 8.90. The molecule has 0 radical (unpaired) electrons. The monoisotopic (exact) mass is 368 g/mol. The average Bonchev–Trinajstić information content (AvgIpc) is 2.57. The van der Waals surface area contributed by atoms with Gasteiger partial charge in [0.2, 0.25) is 10.0 Å². The molecule has 0 heterocycles. The Morgan fingerprint density at radius 1 is 1.28 bits per heavy atom. The maximum absolute atomic E-state index is 12.5. The number of hydrogen-bond acceptors (Lipinski definition) is 3. The van der Waals surface area contributed by atoms with Crippen LogP contribution in [0.4, 0.5) is 5.69 Å². The van der Waals surface area contributed by atoms with E-state index in [1.807, 2.05) is 6.92 Å². The van der Waals surface area contributed by atoms with Crippen LogP contribution in [0.1, 0.15) is 39.5 Å². The molecule has 0 aromatic heterocycles. The highest BCUT2D eigenvalue weighted by molar-refractivity contribution is 7.89. The molecule has 1 aliphatic carbocycles. The van der Waals surface area contributed by atoms with Crippen LogP contribution in [-0.4, -0.2) is 44.8 Å². The summed E-state index contributed by atoms with van der Waals surface area (Å²) in [6, 6.07) is 6.66. The van der Waals surface area contributed by atoms with Gasteiger partial charge < -0.3 is 10.6 Å². The van der Waals surface area contributed by atoms with Crippen molar-refractivity contribution in [3.05, 3.63) is 24.3 Å². The van der Waals surface area contributed by atoms with Crippen LogP contribution in [-0.2, 0) is 14.8 Å². The van der Waals surface area contributed by atoms with Crippen LogP contribution < -0.4 is 10.6 Å². The van der Waals surface area contributed by atoms with Gasteiger partial charge in [-0.05, 0) is 44.4 Å². The zero-order chi connectivity index (χ0) is 18.6. The molecule has 1 aromatic rings. The van der Waals surface area contributed by atoms with Crippen molar-refractivity contribution in [2.45, 2.75) is 56.5 Å². The van der Waals surface area contributed by atoms with Gasteiger partial charge >= 0.3 is 0 Å². The summed E-state index contributed by atoms with van der Waals surface area (Å²) < 4.78 is 25.6. The molecule has 0 unspecified atom stereocenters. The van der Waals surface area contributed by atoms with Gasteiger partial charge in [0.1, 0.15) is 0 Å². The summed E-state index contributed by atoms with van der Waals surface area (Å²) in [6.07, 6.45) is 4.87. The molecule has 25 heavy (non-hydrogen) atoms. The zero-order valence-electron chi connectivity index (χ0n) is 15.5. The van der Waals surface area contributed by atoms with Gasteiger partial charge in [-0.3, -0.25) is 4.79 Å². The quantitative estimate of drug-likeness (QED) is 0.796. The van der Waals surface area contributed by atoms with Gasteiger partial charge in [0.15, 0.2) is 6.04 Å². The molecule has 0 bridgehead atoms. The predicted molar refractivity (Wildman–Crippen MR) is 98.8 cm³/mol. The Kier molecular flexibility index (Phi) is 6.59. The van der Waals surface area contributed by atoms with Gasteiger partial charge in [-0.2, -0.15) is 0 Å². The Labute approximate surface area is 151 Å². The minimum absolute atomic E-state index is 0.0998. The number of nitrogens with one attached hydrogen (secondary N) is 1. The number of rotatable bonds is 6. The van der Waals surface area contributed by atoms with Crippen LogP contribution >= 0.6 is 0 Å².